The normalized spacial score (nSPS) is 12.7. The van der Waals surface area contributed by atoms with Crippen molar-refractivity contribution in [2.45, 2.75) is 5.92 Å². The minimum Gasteiger partial charge on any atom is -0.457 e. The lowest BCUT2D eigenvalue weighted by Gasteiger charge is -2.26. The highest BCUT2D eigenvalue weighted by Gasteiger charge is 2.34. The summed E-state index contributed by atoms with van der Waals surface area (Å²) < 4.78 is 12.0. The number of hydrogen-bond acceptors (Lipinski definition) is 4. The summed E-state index contributed by atoms with van der Waals surface area (Å²) in [6.07, 6.45) is 1.63. The van der Waals surface area contributed by atoms with Crippen LogP contribution in [0, 0.1) is 0 Å². The number of carbonyl (C=O) groups is 1. The van der Waals surface area contributed by atoms with E-state index < -0.39 is 5.92 Å². The third-order valence-electron chi connectivity index (χ3n) is 3.85. The Labute approximate surface area is 147 Å². The van der Waals surface area contributed by atoms with Gasteiger partial charge in [-0.15, -0.1) is 0 Å². The van der Waals surface area contributed by atoms with E-state index in [1.165, 1.54) is 0 Å². The quantitative estimate of drug-likeness (QED) is 0.477. The Morgan fingerprint density at radius 1 is 0.958 bits per heavy atom. The molecule has 1 aliphatic rings. The van der Waals surface area contributed by atoms with E-state index in [1.54, 1.807) is 18.3 Å². The lowest BCUT2D eigenvalue weighted by molar-refractivity contribution is -0.135. The van der Waals surface area contributed by atoms with Crippen LogP contribution >= 0.6 is 15.9 Å². The molecule has 4 nitrogen and oxygen atoms in total. The van der Waals surface area contributed by atoms with Gasteiger partial charge in [-0.25, -0.2) is 4.98 Å². The summed E-state index contributed by atoms with van der Waals surface area (Å²) in [5.41, 5.74) is 1.59. The average molecular weight is 382 g/mol. The lowest BCUT2D eigenvalue weighted by atomic mass is 9.88. The molecule has 0 atom stereocenters. The maximum absolute atomic E-state index is 12.9. The molecule has 1 aliphatic heterocycles. The molecule has 0 N–H and O–H groups in total. The van der Waals surface area contributed by atoms with Crippen LogP contribution in [-0.4, -0.2) is 11.0 Å². The van der Waals surface area contributed by atoms with E-state index in [0.717, 1.165) is 11.1 Å². The van der Waals surface area contributed by atoms with Crippen molar-refractivity contribution in [3.8, 4) is 17.2 Å². The molecule has 5 heteroatoms. The van der Waals surface area contributed by atoms with Crippen LogP contribution in [0.25, 0.3) is 0 Å². The van der Waals surface area contributed by atoms with Crippen molar-refractivity contribution in [3.63, 3.8) is 0 Å². The second-order valence-corrected chi connectivity index (χ2v) is 6.08. The van der Waals surface area contributed by atoms with Crippen LogP contribution in [0.3, 0.4) is 0 Å². The maximum atomic E-state index is 12.9. The fourth-order valence-corrected chi connectivity index (χ4v) is 3.11. The van der Waals surface area contributed by atoms with Gasteiger partial charge in [-0.1, -0.05) is 36.4 Å². The number of carbonyl (C=O) groups excluding carboxylic acids is 1. The average Bonchev–Trinajstić information content (AvgIpc) is 2.61. The van der Waals surface area contributed by atoms with Gasteiger partial charge in [0.1, 0.15) is 22.0 Å². The van der Waals surface area contributed by atoms with Crippen molar-refractivity contribution in [3.05, 3.63) is 82.6 Å². The van der Waals surface area contributed by atoms with Crippen molar-refractivity contribution in [2.75, 3.05) is 0 Å². The Hall–Kier alpha value is -2.66. The van der Waals surface area contributed by atoms with Gasteiger partial charge in [0.05, 0.1) is 0 Å². The van der Waals surface area contributed by atoms with E-state index in [1.807, 2.05) is 48.5 Å². The predicted molar refractivity (Wildman–Crippen MR) is 92.4 cm³/mol. The first-order valence-electron chi connectivity index (χ1n) is 7.42. The smallest absolute Gasteiger partial charge is 0.323 e. The molecule has 2 aromatic carbocycles. The van der Waals surface area contributed by atoms with Crippen LogP contribution in [0.2, 0.25) is 0 Å². The SMILES string of the molecule is O=C(Oc1cccnc1Br)C1c2ccccc2Oc2ccccc21. The first-order chi connectivity index (χ1) is 11.7. The number of para-hydroxylation sites is 2. The van der Waals surface area contributed by atoms with Gasteiger partial charge in [0.25, 0.3) is 0 Å². The van der Waals surface area contributed by atoms with Gasteiger partial charge in [-0.05, 0) is 40.2 Å². The van der Waals surface area contributed by atoms with E-state index in [9.17, 15) is 4.79 Å². The van der Waals surface area contributed by atoms with E-state index in [4.69, 9.17) is 9.47 Å². The number of aromatic nitrogens is 1. The highest BCUT2D eigenvalue weighted by Crippen LogP contribution is 2.44. The van der Waals surface area contributed by atoms with Gasteiger partial charge >= 0.3 is 5.97 Å². The largest absolute Gasteiger partial charge is 0.457 e. The summed E-state index contributed by atoms with van der Waals surface area (Å²) in [5, 5.41) is 0. The molecule has 24 heavy (non-hydrogen) atoms. The van der Waals surface area contributed by atoms with E-state index in [2.05, 4.69) is 20.9 Å². The second-order valence-electron chi connectivity index (χ2n) is 5.32. The lowest BCUT2D eigenvalue weighted by Crippen LogP contribution is -2.23. The Balaban J connectivity index is 1.77. The number of fused-ring (bicyclic) bond motifs is 2. The van der Waals surface area contributed by atoms with Gasteiger partial charge in [0, 0.05) is 17.3 Å². The van der Waals surface area contributed by atoms with Crippen LogP contribution in [-0.2, 0) is 4.79 Å². The third kappa shape index (κ3) is 2.57. The summed E-state index contributed by atoms with van der Waals surface area (Å²) in [5.74, 6) is 0.820. The monoisotopic (exact) mass is 381 g/mol. The van der Waals surface area contributed by atoms with Crippen LogP contribution < -0.4 is 9.47 Å². The summed E-state index contributed by atoms with van der Waals surface area (Å²) in [7, 11) is 0. The fourth-order valence-electron chi connectivity index (χ4n) is 2.78. The van der Waals surface area contributed by atoms with Gasteiger partial charge in [-0.2, -0.15) is 0 Å². The van der Waals surface area contributed by atoms with Crippen molar-refractivity contribution in [2.24, 2.45) is 0 Å². The molecule has 4 rings (SSSR count). The maximum Gasteiger partial charge on any atom is 0.323 e. The minimum atomic E-state index is -0.543. The van der Waals surface area contributed by atoms with Crippen molar-refractivity contribution in [1.29, 1.82) is 0 Å². The van der Waals surface area contributed by atoms with E-state index in [-0.39, 0.29) is 5.97 Å². The number of benzene rings is 2. The van der Waals surface area contributed by atoms with Gasteiger partial charge in [0.2, 0.25) is 0 Å². The molecule has 2 heterocycles. The molecule has 1 aromatic heterocycles. The number of nitrogens with zero attached hydrogens (tertiary/aromatic N) is 1. The number of esters is 1. The molecular weight excluding hydrogens is 370 g/mol. The molecular formula is C19H12BrNO3. The zero-order valence-corrected chi connectivity index (χ0v) is 14.1. The highest BCUT2D eigenvalue weighted by molar-refractivity contribution is 9.10. The van der Waals surface area contributed by atoms with E-state index >= 15 is 0 Å². The molecule has 0 saturated carbocycles. The summed E-state index contributed by atoms with van der Waals surface area (Å²) in [6.45, 7) is 0. The molecule has 0 bridgehead atoms. The summed E-state index contributed by atoms with van der Waals surface area (Å²) in [6, 6.07) is 18.4. The Bertz CT molecular complexity index is 880. The Kier molecular flexibility index (Phi) is 3.78. The van der Waals surface area contributed by atoms with Gasteiger partial charge in [0.15, 0.2) is 5.75 Å². The third-order valence-corrected chi connectivity index (χ3v) is 4.45. The first-order valence-corrected chi connectivity index (χ1v) is 8.21. The van der Waals surface area contributed by atoms with Crippen LogP contribution in [0.1, 0.15) is 17.0 Å². The second kappa shape index (κ2) is 6.09. The van der Waals surface area contributed by atoms with Crippen molar-refractivity contribution in [1.82, 2.24) is 4.98 Å². The zero-order chi connectivity index (χ0) is 16.5. The number of halogens is 1. The van der Waals surface area contributed by atoms with Crippen molar-refractivity contribution < 1.29 is 14.3 Å². The van der Waals surface area contributed by atoms with Gasteiger partial charge < -0.3 is 9.47 Å². The molecule has 0 unspecified atom stereocenters. The van der Waals surface area contributed by atoms with Gasteiger partial charge in [-0.3, -0.25) is 4.79 Å². The Morgan fingerprint density at radius 3 is 2.21 bits per heavy atom. The molecule has 118 valence electrons. The fraction of sp³-hybridized carbons (Fsp3) is 0.0526. The first kappa shape index (κ1) is 14.9. The standard InChI is InChI=1S/C19H12BrNO3/c20-18-16(10-5-11-21-18)24-19(22)17-12-6-1-3-8-14(12)23-15-9-4-2-7-13(15)17/h1-11,17H. The molecule has 0 amide bonds. The minimum absolute atomic E-state index is 0.369. The molecule has 0 fully saturated rings. The van der Waals surface area contributed by atoms with Crippen LogP contribution in [0.5, 0.6) is 17.2 Å². The number of hydrogen-bond donors (Lipinski definition) is 0. The Morgan fingerprint density at radius 2 is 1.58 bits per heavy atom. The number of pyridine rings is 1. The van der Waals surface area contributed by atoms with Crippen molar-refractivity contribution >= 4 is 21.9 Å². The van der Waals surface area contributed by atoms with Crippen LogP contribution in [0.15, 0.2) is 71.5 Å². The molecule has 0 aliphatic carbocycles. The number of ether oxygens (including phenoxy) is 2. The predicted octanol–water partition coefficient (Wildman–Crippen LogP) is 4.69. The molecule has 0 spiro atoms. The summed E-state index contributed by atoms with van der Waals surface area (Å²) in [4.78, 5) is 17.0. The highest BCUT2D eigenvalue weighted by atomic mass is 79.9. The molecule has 3 aromatic rings. The number of rotatable bonds is 2. The molecule has 0 saturated heterocycles. The topological polar surface area (TPSA) is 48.4 Å². The zero-order valence-electron chi connectivity index (χ0n) is 12.5. The van der Waals surface area contributed by atoms with E-state index in [0.29, 0.717) is 21.9 Å². The molecule has 0 radical (unpaired) electrons. The summed E-state index contributed by atoms with van der Waals surface area (Å²) >= 11 is 3.30. The van der Waals surface area contributed by atoms with Crippen LogP contribution in [0.4, 0.5) is 0 Å².